The van der Waals surface area contributed by atoms with E-state index in [1.807, 2.05) is 31.7 Å². The zero-order valence-corrected chi connectivity index (χ0v) is 14.4. The Labute approximate surface area is 139 Å². The first kappa shape index (κ1) is 16.1. The molecular weight excluding hydrogens is 286 g/mol. The van der Waals surface area contributed by atoms with Crippen LogP contribution in [0.15, 0.2) is 35.9 Å². The highest BCUT2D eigenvalue weighted by molar-refractivity contribution is 5.69. The highest BCUT2D eigenvalue weighted by Gasteiger charge is 2.37. The summed E-state index contributed by atoms with van der Waals surface area (Å²) in [4.78, 5) is 14.3. The van der Waals surface area contributed by atoms with Crippen LogP contribution in [0.2, 0.25) is 0 Å². The van der Waals surface area contributed by atoms with Gasteiger partial charge in [-0.15, -0.1) is 0 Å². The van der Waals surface area contributed by atoms with Crippen molar-refractivity contribution in [3.8, 4) is 0 Å². The number of carbonyl (C=O) groups excluding carboxylic acids is 1. The summed E-state index contributed by atoms with van der Waals surface area (Å²) in [6, 6.07) is 10.5. The second-order valence-electron chi connectivity index (χ2n) is 7.77. The van der Waals surface area contributed by atoms with Gasteiger partial charge in [-0.25, -0.2) is 4.79 Å². The third kappa shape index (κ3) is 3.95. The highest BCUT2D eigenvalue weighted by Crippen LogP contribution is 2.40. The summed E-state index contributed by atoms with van der Waals surface area (Å²) in [7, 11) is 0. The average molecular weight is 313 g/mol. The Morgan fingerprint density at radius 2 is 1.74 bits per heavy atom. The Kier molecular flexibility index (Phi) is 4.47. The number of hydrogen-bond donors (Lipinski definition) is 0. The topological polar surface area (TPSA) is 29.5 Å². The van der Waals surface area contributed by atoms with Crippen LogP contribution in [0.1, 0.15) is 45.6 Å². The largest absolute Gasteiger partial charge is 0.444 e. The molecule has 3 nitrogen and oxygen atoms in total. The molecule has 2 unspecified atom stereocenters. The minimum Gasteiger partial charge on any atom is -0.444 e. The molecule has 2 atom stereocenters. The molecule has 0 N–H and O–H groups in total. The minimum absolute atomic E-state index is 0.159. The van der Waals surface area contributed by atoms with Gasteiger partial charge in [-0.3, -0.25) is 0 Å². The molecule has 0 radical (unpaired) electrons. The minimum atomic E-state index is -0.424. The van der Waals surface area contributed by atoms with Gasteiger partial charge in [0, 0.05) is 13.1 Å². The first-order valence-electron chi connectivity index (χ1n) is 8.67. The van der Waals surface area contributed by atoms with Crippen molar-refractivity contribution in [1.29, 1.82) is 0 Å². The molecule has 3 rings (SSSR count). The van der Waals surface area contributed by atoms with Crippen molar-refractivity contribution in [2.75, 3.05) is 13.1 Å². The maximum atomic E-state index is 12.4. The van der Waals surface area contributed by atoms with Crippen molar-refractivity contribution in [1.82, 2.24) is 4.90 Å². The SMILES string of the molecule is CC(C)(C)OC(=O)N1CC2CCCC(C1)C2=Cc1ccccc1. The van der Waals surface area contributed by atoms with Gasteiger partial charge < -0.3 is 9.64 Å². The fourth-order valence-electron chi connectivity index (χ4n) is 3.73. The van der Waals surface area contributed by atoms with E-state index in [-0.39, 0.29) is 6.09 Å². The van der Waals surface area contributed by atoms with Crippen LogP contribution in [0.25, 0.3) is 6.08 Å². The Morgan fingerprint density at radius 1 is 1.13 bits per heavy atom. The maximum absolute atomic E-state index is 12.4. The summed E-state index contributed by atoms with van der Waals surface area (Å²) < 4.78 is 5.56. The van der Waals surface area contributed by atoms with Crippen LogP contribution < -0.4 is 0 Å². The normalized spacial score (nSPS) is 24.3. The number of amides is 1. The molecule has 1 aromatic rings. The Bertz CT molecular complexity index is 569. The van der Waals surface area contributed by atoms with E-state index >= 15 is 0 Å². The summed E-state index contributed by atoms with van der Waals surface area (Å²) in [5.41, 5.74) is 2.37. The van der Waals surface area contributed by atoms with E-state index in [0.717, 1.165) is 13.1 Å². The second-order valence-corrected chi connectivity index (χ2v) is 7.77. The van der Waals surface area contributed by atoms with Crippen LogP contribution in [0, 0.1) is 11.8 Å². The van der Waals surface area contributed by atoms with Crippen molar-refractivity contribution in [3.05, 3.63) is 41.5 Å². The molecule has 1 aliphatic heterocycles. The number of carbonyl (C=O) groups is 1. The fourth-order valence-corrected chi connectivity index (χ4v) is 3.73. The number of hydrogen-bond acceptors (Lipinski definition) is 2. The Hall–Kier alpha value is -1.77. The van der Waals surface area contributed by atoms with Crippen LogP contribution in [0.5, 0.6) is 0 Å². The quantitative estimate of drug-likeness (QED) is 0.749. The number of benzene rings is 1. The van der Waals surface area contributed by atoms with E-state index in [1.165, 1.54) is 30.4 Å². The van der Waals surface area contributed by atoms with Crippen molar-refractivity contribution < 1.29 is 9.53 Å². The molecule has 0 spiro atoms. The third-order valence-electron chi connectivity index (χ3n) is 4.71. The summed E-state index contributed by atoms with van der Waals surface area (Å²) in [6.45, 7) is 7.37. The Morgan fingerprint density at radius 3 is 2.30 bits per heavy atom. The first-order chi connectivity index (χ1) is 10.9. The van der Waals surface area contributed by atoms with E-state index in [0.29, 0.717) is 11.8 Å². The maximum Gasteiger partial charge on any atom is 0.410 e. The van der Waals surface area contributed by atoms with Crippen molar-refractivity contribution in [2.24, 2.45) is 11.8 Å². The van der Waals surface area contributed by atoms with Crippen LogP contribution in [0.4, 0.5) is 4.79 Å². The Balaban J connectivity index is 1.76. The lowest BCUT2D eigenvalue weighted by molar-refractivity contribution is 0.0127. The van der Waals surface area contributed by atoms with Gasteiger partial charge in [-0.1, -0.05) is 48.4 Å². The van der Waals surface area contributed by atoms with Crippen LogP contribution in [0.3, 0.4) is 0 Å². The number of fused-ring (bicyclic) bond motifs is 2. The average Bonchev–Trinajstić information content (AvgIpc) is 2.46. The molecule has 1 amide bonds. The second kappa shape index (κ2) is 6.38. The van der Waals surface area contributed by atoms with E-state index < -0.39 is 5.60 Å². The molecule has 1 saturated carbocycles. The van der Waals surface area contributed by atoms with Gasteiger partial charge in [-0.05, 0) is 51.0 Å². The number of nitrogens with zero attached hydrogens (tertiary/aromatic N) is 1. The summed E-state index contributed by atoms with van der Waals surface area (Å²) >= 11 is 0. The standard InChI is InChI=1S/C20H27NO2/c1-20(2,3)23-19(22)21-13-16-10-7-11-17(14-21)18(16)12-15-8-5-4-6-9-15/h4-6,8-9,12,16-17H,7,10-11,13-14H2,1-3H3. The van der Waals surface area contributed by atoms with Gasteiger partial charge >= 0.3 is 6.09 Å². The van der Waals surface area contributed by atoms with Gasteiger partial charge in [0.2, 0.25) is 0 Å². The van der Waals surface area contributed by atoms with Gasteiger partial charge in [0.1, 0.15) is 5.60 Å². The smallest absolute Gasteiger partial charge is 0.410 e. The van der Waals surface area contributed by atoms with Crippen molar-refractivity contribution >= 4 is 12.2 Å². The highest BCUT2D eigenvalue weighted by atomic mass is 16.6. The number of likely N-dealkylation sites (tertiary alicyclic amines) is 1. The fraction of sp³-hybridized carbons (Fsp3) is 0.550. The predicted octanol–water partition coefficient (Wildman–Crippen LogP) is 4.74. The van der Waals surface area contributed by atoms with Gasteiger partial charge in [0.25, 0.3) is 0 Å². The molecule has 0 aromatic heterocycles. The molecule has 124 valence electrons. The molecule has 2 aliphatic rings. The van der Waals surface area contributed by atoms with Crippen LogP contribution in [-0.2, 0) is 4.74 Å². The van der Waals surface area contributed by atoms with Gasteiger partial charge in [0.15, 0.2) is 0 Å². The summed E-state index contributed by atoms with van der Waals surface area (Å²) in [5, 5.41) is 0. The van der Waals surface area contributed by atoms with E-state index in [9.17, 15) is 4.79 Å². The zero-order chi connectivity index (χ0) is 16.4. The molecule has 1 aliphatic carbocycles. The monoisotopic (exact) mass is 313 g/mol. The van der Waals surface area contributed by atoms with Gasteiger partial charge in [0.05, 0.1) is 0 Å². The first-order valence-corrected chi connectivity index (χ1v) is 8.67. The molecule has 1 heterocycles. The van der Waals surface area contributed by atoms with Crippen LogP contribution >= 0.6 is 0 Å². The lowest BCUT2D eigenvalue weighted by Gasteiger charge is -2.43. The zero-order valence-electron chi connectivity index (χ0n) is 14.4. The molecule has 23 heavy (non-hydrogen) atoms. The van der Waals surface area contributed by atoms with Crippen molar-refractivity contribution in [2.45, 2.75) is 45.6 Å². The third-order valence-corrected chi connectivity index (χ3v) is 4.71. The summed E-state index contributed by atoms with van der Waals surface area (Å²) in [6.07, 6.45) is 5.81. The number of ether oxygens (including phenoxy) is 1. The van der Waals surface area contributed by atoms with E-state index in [4.69, 9.17) is 4.74 Å². The molecule has 3 heteroatoms. The van der Waals surface area contributed by atoms with Crippen molar-refractivity contribution in [3.63, 3.8) is 0 Å². The predicted molar refractivity (Wildman–Crippen MR) is 93.1 cm³/mol. The molecule has 2 bridgehead atoms. The van der Waals surface area contributed by atoms with E-state index in [2.05, 4.69) is 30.3 Å². The molecular formula is C20H27NO2. The number of rotatable bonds is 1. The van der Waals surface area contributed by atoms with E-state index in [1.54, 1.807) is 0 Å². The van der Waals surface area contributed by atoms with Gasteiger partial charge in [-0.2, -0.15) is 0 Å². The number of piperidine rings is 1. The molecule has 2 fully saturated rings. The molecule has 1 saturated heterocycles. The van der Waals surface area contributed by atoms with Crippen LogP contribution in [-0.4, -0.2) is 29.7 Å². The lowest BCUT2D eigenvalue weighted by Crippen LogP contribution is -2.48. The summed E-state index contributed by atoms with van der Waals surface area (Å²) in [5.74, 6) is 0.963. The molecule has 1 aromatic carbocycles. The lowest BCUT2D eigenvalue weighted by atomic mass is 9.73.